The Morgan fingerprint density at radius 1 is 1.07 bits per heavy atom. The Morgan fingerprint density at radius 2 is 1.78 bits per heavy atom. The van der Waals surface area contributed by atoms with Crippen molar-refractivity contribution in [3.8, 4) is 5.69 Å². The number of imidazole rings is 1. The highest BCUT2D eigenvalue weighted by Crippen LogP contribution is 2.22. The molecule has 3 aromatic rings. The molecule has 1 heterocycles. The molecule has 2 N–H and O–H groups in total. The van der Waals surface area contributed by atoms with Gasteiger partial charge in [-0.05, 0) is 85.7 Å². The van der Waals surface area contributed by atoms with Crippen molar-refractivity contribution in [2.45, 2.75) is 39.7 Å². The summed E-state index contributed by atoms with van der Waals surface area (Å²) in [7, 11) is 0. The minimum atomic E-state index is -0.930. The second kappa shape index (κ2) is 7.76. The topological polar surface area (TPSA) is 75.3 Å². The number of benzene rings is 2. The quantitative estimate of drug-likeness (QED) is 0.700. The first-order valence-corrected chi connectivity index (χ1v) is 8.94. The van der Waals surface area contributed by atoms with Gasteiger partial charge in [-0.2, -0.15) is 0 Å². The zero-order chi connectivity index (χ0) is 19.6. The van der Waals surface area contributed by atoms with E-state index >= 15 is 0 Å². The predicted molar refractivity (Wildman–Crippen MR) is 105 cm³/mol. The molecule has 0 spiro atoms. The van der Waals surface area contributed by atoms with Gasteiger partial charge in [0.2, 0.25) is 0 Å². The van der Waals surface area contributed by atoms with Crippen molar-refractivity contribution < 1.29 is 15.0 Å². The van der Waals surface area contributed by atoms with Gasteiger partial charge in [-0.3, -0.25) is 0 Å². The molecule has 0 amide bonds. The van der Waals surface area contributed by atoms with Gasteiger partial charge >= 0.3 is 5.97 Å². The maximum Gasteiger partial charge on any atom is 0.335 e. The van der Waals surface area contributed by atoms with Crippen LogP contribution in [0.25, 0.3) is 5.69 Å². The van der Waals surface area contributed by atoms with Crippen LogP contribution in [0.1, 0.15) is 38.2 Å². The molecule has 3 rings (SSSR count). The number of nitrogens with zero attached hydrogens (tertiary/aromatic N) is 2. The average molecular weight is 364 g/mol. The summed E-state index contributed by atoms with van der Waals surface area (Å²) in [6, 6.07) is 9.50. The number of hydrogen-bond acceptors (Lipinski definition) is 3. The van der Waals surface area contributed by atoms with E-state index in [1.54, 1.807) is 24.7 Å². The molecule has 0 aliphatic carbocycles. The number of aliphatic hydroxyl groups is 1. The third-order valence-electron chi connectivity index (χ3n) is 4.97. The average Bonchev–Trinajstić information content (AvgIpc) is 3.14. The lowest BCUT2D eigenvalue weighted by Gasteiger charge is -2.17. The molecule has 5 nitrogen and oxygen atoms in total. The molecular weight excluding hydrogens is 340 g/mol. The van der Waals surface area contributed by atoms with Crippen molar-refractivity contribution in [1.29, 1.82) is 0 Å². The van der Waals surface area contributed by atoms with Gasteiger partial charge in [0.05, 0.1) is 18.0 Å². The Morgan fingerprint density at radius 3 is 2.37 bits per heavy atom. The Bertz CT molecular complexity index is 939. The van der Waals surface area contributed by atoms with E-state index in [0.717, 1.165) is 33.5 Å². The summed E-state index contributed by atoms with van der Waals surface area (Å²) >= 11 is 0. The SMILES string of the molecule is Cc1ccc(-n2ccnc2)cc1CC(O)Cc1c(C)cc(C(=O)O)cc1C. The van der Waals surface area contributed by atoms with Crippen molar-refractivity contribution in [2.75, 3.05) is 0 Å². The van der Waals surface area contributed by atoms with Crippen molar-refractivity contribution in [3.05, 3.63) is 82.4 Å². The van der Waals surface area contributed by atoms with Crippen LogP contribution in [0.2, 0.25) is 0 Å². The lowest BCUT2D eigenvalue weighted by atomic mass is 9.92. The van der Waals surface area contributed by atoms with Gasteiger partial charge in [0.15, 0.2) is 0 Å². The Labute approximate surface area is 158 Å². The first kappa shape index (κ1) is 18.9. The summed E-state index contributed by atoms with van der Waals surface area (Å²) in [5.41, 5.74) is 6.32. The number of carboxylic acid groups (broad SMARTS) is 1. The molecular formula is C22H24N2O3. The number of aromatic nitrogens is 2. The van der Waals surface area contributed by atoms with Gasteiger partial charge in [-0.1, -0.05) is 6.07 Å². The molecule has 0 aliphatic rings. The van der Waals surface area contributed by atoms with Crippen LogP contribution in [-0.2, 0) is 12.8 Å². The lowest BCUT2D eigenvalue weighted by molar-refractivity contribution is 0.0696. The predicted octanol–water partition coefficient (Wildman–Crippen LogP) is 3.64. The molecule has 5 heteroatoms. The molecule has 1 atom stereocenters. The second-order valence-corrected chi connectivity index (χ2v) is 7.04. The molecule has 0 radical (unpaired) electrons. The summed E-state index contributed by atoms with van der Waals surface area (Å²) in [5, 5.41) is 19.9. The van der Waals surface area contributed by atoms with Crippen LogP contribution in [0.5, 0.6) is 0 Å². The zero-order valence-corrected chi connectivity index (χ0v) is 15.8. The summed E-state index contributed by atoms with van der Waals surface area (Å²) in [4.78, 5) is 15.3. The molecule has 140 valence electrons. The summed E-state index contributed by atoms with van der Waals surface area (Å²) in [5.74, 6) is -0.930. The minimum absolute atomic E-state index is 0.284. The van der Waals surface area contributed by atoms with E-state index in [4.69, 9.17) is 0 Å². The van der Waals surface area contributed by atoms with Gasteiger partial charge in [0, 0.05) is 18.1 Å². The largest absolute Gasteiger partial charge is 0.478 e. The van der Waals surface area contributed by atoms with Crippen LogP contribution >= 0.6 is 0 Å². The fourth-order valence-corrected chi connectivity index (χ4v) is 3.45. The highest BCUT2D eigenvalue weighted by atomic mass is 16.4. The Hall–Kier alpha value is -2.92. The normalized spacial score (nSPS) is 12.1. The van der Waals surface area contributed by atoms with Crippen LogP contribution < -0.4 is 0 Å². The molecule has 1 unspecified atom stereocenters. The number of carbonyl (C=O) groups is 1. The number of aliphatic hydroxyl groups excluding tert-OH is 1. The van der Waals surface area contributed by atoms with E-state index in [-0.39, 0.29) is 5.56 Å². The lowest BCUT2D eigenvalue weighted by Crippen LogP contribution is -2.17. The van der Waals surface area contributed by atoms with Crippen LogP contribution in [-0.4, -0.2) is 31.8 Å². The minimum Gasteiger partial charge on any atom is -0.478 e. The highest BCUT2D eigenvalue weighted by Gasteiger charge is 2.15. The molecule has 0 aliphatic heterocycles. The van der Waals surface area contributed by atoms with Gasteiger partial charge in [-0.15, -0.1) is 0 Å². The highest BCUT2D eigenvalue weighted by molar-refractivity contribution is 5.88. The molecule has 0 fully saturated rings. The molecule has 0 saturated carbocycles. The van der Waals surface area contributed by atoms with Crippen molar-refractivity contribution >= 4 is 5.97 Å². The van der Waals surface area contributed by atoms with Crippen molar-refractivity contribution in [3.63, 3.8) is 0 Å². The fraction of sp³-hybridized carbons (Fsp3) is 0.273. The van der Waals surface area contributed by atoms with Crippen molar-refractivity contribution in [2.24, 2.45) is 0 Å². The standard InChI is InChI=1S/C22H24N2O3/c1-14-4-5-19(24-7-6-23-13-24)10-17(14)11-20(25)12-21-15(2)8-18(22(26)27)9-16(21)3/h4-10,13,20,25H,11-12H2,1-3H3,(H,26,27). The van der Waals surface area contributed by atoms with E-state index in [0.29, 0.717) is 12.8 Å². The summed E-state index contributed by atoms with van der Waals surface area (Å²) in [6.45, 7) is 5.83. The smallest absolute Gasteiger partial charge is 0.335 e. The number of aromatic carboxylic acids is 1. The number of hydrogen-bond donors (Lipinski definition) is 2. The Kier molecular flexibility index (Phi) is 5.42. The van der Waals surface area contributed by atoms with Crippen LogP contribution in [0.4, 0.5) is 0 Å². The van der Waals surface area contributed by atoms with E-state index in [2.05, 4.69) is 17.1 Å². The number of carboxylic acids is 1. The molecule has 27 heavy (non-hydrogen) atoms. The molecule has 1 aromatic heterocycles. The first-order chi connectivity index (χ1) is 12.8. The summed E-state index contributed by atoms with van der Waals surface area (Å²) in [6.07, 6.45) is 5.86. The van der Waals surface area contributed by atoms with Crippen LogP contribution in [0.15, 0.2) is 49.1 Å². The van der Waals surface area contributed by atoms with E-state index < -0.39 is 12.1 Å². The van der Waals surface area contributed by atoms with Gasteiger partial charge in [-0.25, -0.2) is 9.78 Å². The Balaban J connectivity index is 1.79. The third-order valence-corrected chi connectivity index (χ3v) is 4.97. The van der Waals surface area contributed by atoms with Crippen molar-refractivity contribution in [1.82, 2.24) is 9.55 Å². The van der Waals surface area contributed by atoms with Gasteiger partial charge < -0.3 is 14.8 Å². The second-order valence-electron chi connectivity index (χ2n) is 7.04. The van der Waals surface area contributed by atoms with E-state index in [1.807, 2.05) is 37.6 Å². The monoisotopic (exact) mass is 364 g/mol. The van der Waals surface area contributed by atoms with Gasteiger partial charge in [0.25, 0.3) is 0 Å². The fourth-order valence-electron chi connectivity index (χ4n) is 3.45. The van der Waals surface area contributed by atoms with Gasteiger partial charge in [0.1, 0.15) is 0 Å². The maximum atomic E-state index is 11.2. The zero-order valence-electron chi connectivity index (χ0n) is 15.8. The molecule has 0 bridgehead atoms. The van der Waals surface area contributed by atoms with Crippen LogP contribution in [0, 0.1) is 20.8 Å². The van der Waals surface area contributed by atoms with E-state index in [1.165, 1.54) is 0 Å². The maximum absolute atomic E-state index is 11.2. The van der Waals surface area contributed by atoms with E-state index in [9.17, 15) is 15.0 Å². The molecule has 2 aromatic carbocycles. The number of rotatable bonds is 6. The van der Waals surface area contributed by atoms with Crippen LogP contribution in [0.3, 0.4) is 0 Å². The third kappa shape index (κ3) is 4.26. The molecule has 0 saturated heterocycles. The first-order valence-electron chi connectivity index (χ1n) is 8.94. The number of aryl methyl sites for hydroxylation is 3. The summed E-state index contributed by atoms with van der Waals surface area (Å²) < 4.78 is 1.94.